The fourth-order valence-electron chi connectivity index (χ4n) is 2.82. The Labute approximate surface area is 191 Å². The molecular weight excluding hydrogens is 462 g/mol. The summed E-state index contributed by atoms with van der Waals surface area (Å²) in [6, 6.07) is 12.5. The number of rotatable bonds is 10. The van der Waals surface area contributed by atoms with E-state index in [1.54, 1.807) is 36.4 Å². The lowest BCUT2D eigenvalue weighted by atomic mass is 10.0. The number of nitrogens with one attached hydrogen (secondary N) is 1. The van der Waals surface area contributed by atoms with Crippen LogP contribution in [0.15, 0.2) is 48.5 Å². The smallest absolute Gasteiger partial charge is 0.407 e. The van der Waals surface area contributed by atoms with Gasteiger partial charge in [0.1, 0.15) is 24.6 Å². The summed E-state index contributed by atoms with van der Waals surface area (Å²) in [5, 5.41) is 13.5. The monoisotopic (exact) mass is 485 g/mol. The van der Waals surface area contributed by atoms with E-state index in [1.807, 2.05) is 6.07 Å². The Morgan fingerprint density at radius 1 is 1.25 bits per heavy atom. The summed E-state index contributed by atoms with van der Waals surface area (Å²) in [6.45, 7) is 0.447. The van der Waals surface area contributed by atoms with Crippen LogP contribution < -0.4 is 10.1 Å². The van der Waals surface area contributed by atoms with Crippen molar-refractivity contribution in [2.45, 2.75) is 24.9 Å². The molecule has 0 bridgehead atoms. The van der Waals surface area contributed by atoms with E-state index in [4.69, 9.17) is 30.0 Å². The summed E-state index contributed by atoms with van der Waals surface area (Å²) >= 11 is 6.26. The molecule has 1 saturated heterocycles. The molecule has 1 aliphatic heterocycles. The third kappa shape index (κ3) is 7.35. The van der Waals surface area contributed by atoms with Crippen LogP contribution in [-0.4, -0.2) is 57.8 Å². The molecule has 2 aromatic rings. The van der Waals surface area contributed by atoms with Gasteiger partial charge in [-0.2, -0.15) is 8.42 Å². The Bertz CT molecular complexity index is 1010. The lowest BCUT2D eigenvalue weighted by Gasteiger charge is -2.28. The Morgan fingerprint density at radius 3 is 2.56 bits per heavy atom. The average Bonchev–Trinajstić information content (AvgIpc) is 2.72. The molecule has 0 radical (unpaired) electrons. The van der Waals surface area contributed by atoms with Gasteiger partial charge in [0.2, 0.25) is 0 Å². The highest BCUT2D eigenvalue weighted by Gasteiger charge is 2.27. The second-order valence-corrected chi connectivity index (χ2v) is 9.26. The van der Waals surface area contributed by atoms with Gasteiger partial charge in [-0.25, -0.2) is 4.79 Å². The number of carbonyl (C=O) groups excluding carboxylic acids is 1. The standard InChI is InChI=1S/C21H24ClNO8S/c1-32(26,27)30-13-18(23-21(25)29-10-14-5-3-2-4-6-14)20(24)15-7-8-19(17(22)9-15)31-16-11-28-12-16/h2-9,16,18,20,24H,10-13H2,1H3,(H,23,25)/t18-,20?/m1/s1. The second-order valence-electron chi connectivity index (χ2n) is 7.21. The first-order valence-electron chi connectivity index (χ1n) is 9.75. The maximum absolute atomic E-state index is 12.3. The van der Waals surface area contributed by atoms with Gasteiger partial charge >= 0.3 is 6.09 Å². The predicted octanol–water partition coefficient (Wildman–Crippen LogP) is 2.42. The first kappa shape index (κ1) is 24.3. The molecule has 2 N–H and O–H groups in total. The van der Waals surface area contributed by atoms with Gasteiger partial charge in [-0.3, -0.25) is 4.18 Å². The van der Waals surface area contributed by atoms with Gasteiger partial charge in [-0.15, -0.1) is 0 Å². The van der Waals surface area contributed by atoms with Gasteiger partial charge in [-0.05, 0) is 23.3 Å². The van der Waals surface area contributed by atoms with Gasteiger partial charge in [0.15, 0.2) is 0 Å². The summed E-state index contributed by atoms with van der Waals surface area (Å²) in [7, 11) is -3.81. The molecule has 0 spiro atoms. The fourth-order valence-corrected chi connectivity index (χ4v) is 3.44. The number of aliphatic hydroxyl groups excluding tert-OH is 1. The van der Waals surface area contributed by atoms with E-state index in [9.17, 15) is 18.3 Å². The van der Waals surface area contributed by atoms with Crippen molar-refractivity contribution in [2.75, 3.05) is 26.1 Å². The van der Waals surface area contributed by atoms with Crippen LogP contribution in [0.2, 0.25) is 5.02 Å². The Hall–Kier alpha value is -2.37. The fraction of sp³-hybridized carbons (Fsp3) is 0.381. The number of halogens is 1. The van der Waals surface area contributed by atoms with Crippen molar-refractivity contribution in [1.29, 1.82) is 0 Å². The third-order valence-corrected chi connectivity index (χ3v) is 5.42. The Balaban J connectivity index is 1.67. The van der Waals surface area contributed by atoms with Crippen LogP contribution >= 0.6 is 11.6 Å². The SMILES string of the molecule is CS(=O)(=O)OC[C@@H](NC(=O)OCc1ccccc1)C(O)c1ccc(OC2COC2)c(Cl)c1. The molecule has 9 nitrogen and oxygen atoms in total. The van der Waals surface area contributed by atoms with E-state index < -0.39 is 35.0 Å². The van der Waals surface area contributed by atoms with E-state index in [0.717, 1.165) is 11.8 Å². The largest absolute Gasteiger partial charge is 0.484 e. The van der Waals surface area contributed by atoms with Crippen molar-refractivity contribution < 1.29 is 36.7 Å². The summed E-state index contributed by atoms with van der Waals surface area (Å²) in [5.41, 5.74) is 1.10. The first-order chi connectivity index (χ1) is 15.2. The van der Waals surface area contributed by atoms with Crippen molar-refractivity contribution in [1.82, 2.24) is 5.32 Å². The number of hydrogen-bond donors (Lipinski definition) is 2. The lowest BCUT2D eigenvalue weighted by Crippen LogP contribution is -2.43. The van der Waals surface area contributed by atoms with E-state index in [2.05, 4.69) is 5.32 Å². The molecule has 32 heavy (non-hydrogen) atoms. The predicted molar refractivity (Wildman–Crippen MR) is 116 cm³/mol. The van der Waals surface area contributed by atoms with Crippen molar-refractivity contribution in [3.63, 3.8) is 0 Å². The van der Waals surface area contributed by atoms with Crippen molar-refractivity contribution in [3.05, 3.63) is 64.7 Å². The molecule has 1 aliphatic rings. The van der Waals surface area contributed by atoms with Gasteiger partial charge in [-0.1, -0.05) is 48.0 Å². The highest BCUT2D eigenvalue weighted by Crippen LogP contribution is 2.30. The molecule has 0 aliphatic carbocycles. The number of ether oxygens (including phenoxy) is 3. The zero-order valence-electron chi connectivity index (χ0n) is 17.3. The van der Waals surface area contributed by atoms with Crippen LogP contribution in [0, 0.1) is 0 Å². The molecule has 0 saturated carbocycles. The van der Waals surface area contributed by atoms with Crippen LogP contribution in [0.4, 0.5) is 4.79 Å². The zero-order valence-corrected chi connectivity index (χ0v) is 18.8. The van der Waals surface area contributed by atoms with Crippen LogP contribution in [0.3, 0.4) is 0 Å². The topological polar surface area (TPSA) is 120 Å². The molecule has 2 aromatic carbocycles. The minimum Gasteiger partial charge on any atom is -0.484 e. The van der Waals surface area contributed by atoms with Crippen LogP contribution in [0.5, 0.6) is 5.75 Å². The molecular formula is C21H24ClNO8S. The average molecular weight is 486 g/mol. The molecule has 1 amide bonds. The van der Waals surface area contributed by atoms with E-state index >= 15 is 0 Å². The third-order valence-electron chi connectivity index (χ3n) is 4.56. The van der Waals surface area contributed by atoms with Crippen molar-refractivity contribution >= 4 is 27.8 Å². The number of benzene rings is 2. The van der Waals surface area contributed by atoms with Gasteiger partial charge in [0.25, 0.3) is 10.1 Å². The normalized spacial score (nSPS) is 16.0. The molecule has 3 rings (SSSR count). The van der Waals surface area contributed by atoms with Crippen LogP contribution in [0.25, 0.3) is 0 Å². The number of aliphatic hydroxyl groups is 1. The number of carbonyl (C=O) groups is 1. The Morgan fingerprint density at radius 2 is 1.97 bits per heavy atom. The summed E-state index contributed by atoms with van der Waals surface area (Å²) in [4.78, 5) is 12.3. The van der Waals surface area contributed by atoms with E-state index in [0.29, 0.717) is 24.5 Å². The number of alkyl carbamates (subject to hydrolysis) is 1. The minimum absolute atomic E-state index is 0.00513. The van der Waals surface area contributed by atoms with Crippen LogP contribution in [0.1, 0.15) is 17.2 Å². The first-order valence-corrected chi connectivity index (χ1v) is 11.9. The molecule has 174 valence electrons. The van der Waals surface area contributed by atoms with Gasteiger partial charge in [0, 0.05) is 0 Å². The maximum atomic E-state index is 12.3. The highest BCUT2D eigenvalue weighted by atomic mass is 35.5. The lowest BCUT2D eigenvalue weighted by molar-refractivity contribution is -0.0796. The van der Waals surface area contributed by atoms with Gasteiger partial charge < -0.3 is 24.6 Å². The van der Waals surface area contributed by atoms with Gasteiger partial charge in [0.05, 0.1) is 37.1 Å². The quantitative estimate of drug-likeness (QED) is 0.492. The summed E-state index contributed by atoms with van der Waals surface area (Å²) in [5.74, 6) is 0.426. The highest BCUT2D eigenvalue weighted by molar-refractivity contribution is 7.85. The summed E-state index contributed by atoms with van der Waals surface area (Å²) in [6.07, 6.45) is -1.39. The van der Waals surface area contributed by atoms with Crippen LogP contribution in [-0.2, 0) is 30.4 Å². The zero-order chi connectivity index (χ0) is 23.1. The van der Waals surface area contributed by atoms with E-state index in [-0.39, 0.29) is 17.7 Å². The molecule has 0 aromatic heterocycles. The second kappa shape index (κ2) is 11.0. The maximum Gasteiger partial charge on any atom is 0.407 e. The number of amides is 1. The number of hydrogen-bond acceptors (Lipinski definition) is 8. The van der Waals surface area contributed by atoms with E-state index in [1.165, 1.54) is 6.07 Å². The molecule has 1 unspecified atom stereocenters. The summed E-state index contributed by atoms with van der Waals surface area (Å²) < 4.78 is 43.5. The Kier molecular flexibility index (Phi) is 8.32. The molecule has 1 fully saturated rings. The van der Waals surface area contributed by atoms with Crippen molar-refractivity contribution in [3.8, 4) is 5.75 Å². The van der Waals surface area contributed by atoms with Crippen molar-refractivity contribution in [2.24, 2.45) is 0 Å². The molecule has 1 heterocycles. The minimum atomic E-state index is -3.81. The molecule has 2 atom stereocenters. The molecule has 11 heteroatoms.